The molecule has 2 aliphatic carbocycles. The highest BCUT2D eigenvalue weighted by Crippen LogP contribution is 2.61. The molecule has 0 amide bonds. The highest BCUT2D eigenvalue weighted by molar-refractivity contribution is 6.18. The summed E-state index contributed by atoms with van der Waals surface area (Å²) in [5, 5.41) is 30.3. The summed E-state index contributed by atoms with van der Waals surface area (Å²) in [5.74, 6) is 0.128. The van der Waals surface area contributed by atoms with Crippen LogP contribution in [-0.4, -0.2) is 32.4 Å². The summed E-state index contributed by atoms with van der Waals surface area (Å²) in [6, 6.07) is 5.22. The highest BCUT2D eigenvalue weighted by atomic mass is 35.5. The molecule has 3 rings (SSSR count). The zero-order valence-corrected chi connectivity index (χ0v) is 9.41. The quantitative estimate of drug-likeness (QED) is 0.637. The third-order valence-corrected chi connectivity index (χ3v) is 4.44. The number of hydrogen-bond donors (Lipinski definition) is 3. The molecule has 3 unspecified atom stereocenters. The van der Waals surface area contributed by atoms with E-state index in [-0.39, 0.29) is 24.0 Å². The van der Waals surface area contributed by atoms with Gasteiger partial charge in [-0.2, -0.15) is 0 Å². The van der Waals surface area contributed by atoms with Crippen LogP contribution in [-0.2, 0) is 12.8 Å². The number of fused-ring (bicyclic) bond motifs is 2. The second-order valence-corrected chi connectivity index (χ2v) is 5.13. The van der Waals surface area contributed by atoms with Crippen molar-refractivity contribution in [3.8, 4) is 5.75 Å². The molecule has 1 aromatic carbocycles. The number of halogens is 1. The van der Waals surface area contributed by atoms with E-state index in [4.69, 9.17) is 11.6 Å². The molecular weight excluding hydrogens is 228 g/mol. The number of rotatable bonds is 1. The smallest absolute Gasteiger partial charge is 0.119 e. The maximum atomic E-state index is 10.3. The molecule has 0 aliphatic heterocycles. The normalized spacial score (nSPS) is 40.1. The molecule has 16 heavy (non-hydrogen) atoms. The summed E-state index contributed by atoms with van der Waals surface area (Å²) in [5.41, 5.74) is -0.613. The van der Waals surface area contributed by atoms with Gasteiger partial charge in [0.25, 0.3) is 0 Å². The van der Waals surface area contributed by atoms with Gasteiger partial charge in [-0.1, -0.05) is 12.1 Å². The Kier molecular flexibility index (Phi) is 1.89. The maximum absolute atomic E-state index is 10.3. The fraction of sp³-hybridized carbons (Fsp3) is 0.500. The summed E-state index contributed by atoms with van der Waals surface area (Å²) in [7, 11) is 0. The van der Waals surface area contributed by atoms with E-state index >= 15 is 0 Å². The van der Waals surface area contributed by atoms with E-state index in [9.17, 15) is 15.3 Å². The van der Waals surface area contributed by atoms with E-state index in [0.717, 1.165) is 11.1 Å². The Labute approximate surface area is 98.3 Å². The molecule has 1 aromatic rings. The van der Waals surface area contributed by atoms with E-state index in [1.165, 1.54) is 0 Å². The van der Waals surface area contributed by atoms with Gasteiger partial charge in [-0.05, 0) is 11.6 Å². The minimum Gasteiger partial charge on any atom is -0.508 e. The van der Waals surface area contributed by atoms with Crippen LogP contribution in [0.3, 0.4) is 0 Å². The number of hydrogen-bond acceptors (Lipinski definition) is 3. The summed E-state index contributed by atoms with van der Waals surface area (Å²) in [6.07, 6.45) is 0.646. The van der Waals surface area contributed by atoms with E-state index in [1.54, 1.807) is 12.1 Å². The van der Waals surface area contributed by atoms with Gasteiger partial charge in [0, 0.05) is 30.2 Å². The summed E-state index contributed by atoms with van der Waals surface area (Å²) in [4.78, 5) is 0. The van der Waals surface area contributed by atoms with Crippen molar-refractivity contribution in [3.63, 3.8) is 0 Å². The highest BCUT2D eigenvalue weighted by Gasteiger charge is 2.76. The molecule has 0 heterocycles. The summed E-state index contributed by atoms with van der Waals surface area (Å²) >= 11 is 5.75. The number of alkyl halides is 1. The van der Waals surface area contributed by atoms with E-state index < -0.39 is 11.2 Å². The lowest BCUT2D eigenvalue weighted by Crippen LogP contribution is -2.34. The Hall–Kier alpha value is -0.770. The van der Waals surface area contributed by atoms with Gasteiger partial charge in [0.05, 0.1) is 0 Å². The zero-order valence-electron chi connectivity index (χ0n) is 8.65. The molecule has 0 bridgehead atoms. The average molecular weight is 241 g/mol. The number of benzene rings is 1. The maximum Gasteiger partial charge on any atom is 0.119 e. The minimum atomic E-state index is -1.15. The van der Waals surface area contributed by atoms with Crippen molar-refractivity contribution in [1.82, 2.24) is 0 Å². The van der Waals surface area contributed by atoms with Gasteiger partial charge in [-0.3, -0.25) is 0 Å². The van der Waals surface area contributed by atoms with Crippen LogP contribution in [0.5, 0.6) is 5.75 Å². The Bertz CT molecular complexity index is 462. The van der Waals surface area contributed by atoms with E-state index in [1.807, 2.05) is 6.07 Å². The van der Waals surface area contributed by atoms with E-state index in [0.29, 0.717) is 6.42 Å². The Balaban J connectivity index is 2.07. The van der Waals surface area contributed by atoms with Crippen molar-refractivity contribution in [3.05, 3.63) is 29.3 Å². The molecule has 1 fully saturated rings. The number of aromatic hydroxyl groups is 1. The standard InChI is InChI=1S/C12H13ClO3/c13-6-10-11(15)4-7-2-1-3-9(14)8(7)5-12(10,11)16/h1-3,10,14-16H,4-6H2. The largest absolute Gasteiger partial charge is 0.508 e. The van der Waals surface area contributed by atoms with Crippen LogP contribution in [0.15, 0.2) is 18.2 Å². The SMILES string of the molecule is Oc1cccc2c1CC1(O)C(CCl)C1(O)C2. The molecule has 0 aromatic heterocycles. The molecule has 3 N–H and O–H groups in total. The molecule has 1 saturated carbocycles. The molecule has 86 valence electrons. The molecule has 0 saturated heterocycles. The summed E-state index contributed by atoms with van der Waals surface area (Å²) < 4.78 is 0. The predicted molar refractivity (Wildman–Crippen MR) is 59.6 cm³/mol. The minimum absolute atomic E-state index is 0.188. The van der Waals surface area contributed by atoms with Crippen molar-refractivity contribution in [2.75, 3.05) is 5.88 Å². The predicted octanol–water partition coefficient (Wildman–Crippen LogP) is 0.822. The van der Waals surface area contributed by atoms with Crippen molar-refractivity contribution in [1.29, 1.82) is 0 Å². The Morgan fingerprint density at radius 1 is 1.25 bits per heavy atom. The topological polar surface area (TPSA) is 60.7 Å². The van der Waals surface area contributed by atoms with Gasteiger partial charge < -0.3 is 15.3 Å². The van der Waals surface area contributed by atoms with Crippen LogP contribution in [0.2, 0.25) is 0 Å². The molecule has 0 spiro atoms. The first-order chi connectivity index (χ1) is 7.53. The molecular formula is C12H13ClO3. The monoisotopic (exact) mass is 240 g/mol. The van der Waals surface area contributed by atoms with Gasteiger partial charge in [0.1, 0.15) is 17.0 Å². The second kappa shape index (κ2) is 2.92. The first-order valence-corrected chi connectivity index (χ1v) is 5.87. The number of aliphatic hydroxyl groups is 2. The fourth-order valence-electron chi connectivity index (χ4n) is 3.01. The molecule has 3 nitrogen and oxygen atoms in total. The first-order valence-electron chi connectivity index (χ1n) is 5.33. The first kappa shape index (κ1) is 10.4. The second-order valence-electron chi connectivity index (χ2n) is 4.82. The van der Waals surface area contributed by atoms with Crippen LogP contribution >= 0.6 is 11.6 Å². The van der Waals surface area contributed by atoms with Crippen molar-refractivity contribution in [2.45, 2.75) is 24.0 Å². The van der Waals surface area contributed by atoms with Crippen molar-refractivity contribution >= 4 is 11.6 Å². The lowest BCUT2D eigenvalue weighted by molar-refractivity contribution is 0.0137. The number of phenolic OH excluding ortho intramolecular Hbond substituents is 1. The van der Waals surface area contributed by atoms with Crippen LogP contribution in [0.1, 0.15) is 11.1 Å². The third-order valence-electron chi connectivity index (χ3n) is 4.13. The molecule has 0 radical (unpaired) electrons. The molecule has 4 heteroatoms. The van der Waals surface area contributed by atoms with Gasteiger partial charge in [0.2, 0.25) is 0 Å². The number of phenols is 1. The molecule has 2 aliphatic rings. The van der Waals surface area contributed by atoms with Crippen LogP contribution in [0.4, 0.5) is 0 Å². The lowest BCUT2D eigenvalue weighted by atomic mass is 9.87. The van der Waals surface area contributed by atoms with Gasteiger partial charge >= 0.3 is 0 Å². The summed E-state index contributed by atoms with van der Waals surface area (Å²) in [6.45, 7) is 0. The van der Waals surface area contributed by atoms with Gasteiger partial charge in [-0.15, -0.1) is 11.6 Å². The van der Waals surface area contributed by atoms with Gasteiger partial charge in [0.15, 0.2) is 0 Å². The van der Waals surface area contributed by atoms with Crippen molar-refractivity contribution in [2.24, 2.45) is 5.92 Å². The third kappa shape index (κ3) is 1.01. The average Bonchev–Trinajstić information content (AvgIpc) is 2.71. The van der Waals surface area contributed by atoms with Crippen LogP contribution in [0.25, 0.3) is 0 Å². The molecule has 3 atom stereocenters. The van der Waals surface area contributed by atoms with Crippen LogP contribution in [0, 0.1) is 5.92 Å². The van der Waals surface area contributed by atoms with Crippen LogP contribution < -0.4 is 0 Å². The lowest BCUT2D eigenvalue weighted by Gasteiger charge is -2.25. The Morgan fingerprint density at radius 3 is 2.62 bits per heavy atom. The zero-order chi connectivity index (χ0) is 11.6. The van der Waals surface area contributed by atoms with E-state index in [2.05, 4.69) is 0 Å². The Morgan fingerprint density at radius 2 is 1.94 bits per heavy atom. The van der Waals surface area contributed by atoms with Crippen molar-refractivity contribution < 1.29 is 15.3 Å². The van der Waals surface area contributed by atoms with Gasteiger partial charge in [-0.25, -0.2) is 0 Å². The fourth-order valence-corrected chi connectivity index (χ4v) is 3.52.